The molecule has 1 aliphatic heterocycles. The summed E-state index contributed by atoms with van der Waals surface area (Å²) in [6.45, 7) is 4.01. The molecule has 27 heavy (non-hydrogen) atoms. The van der Waals surface area contributed by atoms with E-state index in [-0.39, 0.29) is 29.0 Å². The summed E-state index contributed by atoms with van der Waals surface area (Å²) in [6.07, 6.45) is 6.67. The van der Waals surface area contributed by atoms with Crippen LogP contribution in [-0.2, 0) is 4.79 Å². The van der Waals surface area contributed by atoms with Gasteiger partial charge in [0.1, 0.15) is 11.9 Å². The van der Waals surface area contributed by atoms with Gasteiger partial charge in [-0.2, -0.15) is 0 Å². The molecule has 2 aliphatic rings. The third-order valence-corrected chi connectivity index (χ3v) is 7.18. The number of nitrogens with one attached hydrogen (secondary N) is 1. The topological polar surface area (TPSA) is 49.4 Å². The highest BCUT2D eigenvalue weighted by molar-refractivity contribution is 8.00. The molecule has 2 fully saturated rings. The van der Waals surface area contributed by atoms with Crippen molar-refractivity contribution in [3.63, 3.8) is 0 Å². The summed E-state index contributed by atoms with van der Waals surface area (Å²) in [7, 11) is 0. The fourth-order valence-electron chi connectivity index (χ4n) is 3.95. The van der Waals surface area contributed by atoms with Gasteiger partial charge in [-0.3, -0.25) is 9.59 Å². The number of thioether (sulfide) groups is 1. The van der Waals surface area contributed by atoms with Gasteiger partial charge in [0, 0.05) is 17.4 Å². The van der Waals surface area contributed by atoms with Crippen molar-refractivity contribution in [1.29, 1.82) is 0 Å². The van der Waals surface area contributed by atoms with Crippen LogP contribution < -0.4 is 5.32 Å². The molecule has 2 amide bonds. The first-order valence-electron chi connectivity index (χ1n) is 10.0. The fourth-order valence-corrected chi connectivity index (χ4v) is 5.59. The molecule has 3 rings (SSSR count). The second kappa shape index (κ2) is 9.09. The van der Waals surface area contributed by atoms with Gasteiger partial charge in [0.2, 0.25) is 5.91 Å². The zero-order valence-electron chi connectivity index (χ0n) is 16.1. The quantitative estimate of drug-likeness (QED) is 0.817. The van der Waals surface area contributed by atoms with Gasteiger partial charge in [0.05, 0.1) is 5.37 Å². The average Bonchev–Trinajstić information content (AvgIpc) is 3.13. The van der Waals surface area contributed by atoms with Gasteiger partial charge in [-0.05, 0) is 56.4 Å². The lowest BCUT2D eigenvalue weighted by Crippen LogP contribution is -2.52. The Hall–Kier alpha value is -1.56. The van der Waals surface area contributed by atoms with Crippen LogP contribution in [0.2, 0.25) is 0 Å². The minimum atomic E-state index is -0.464. The van der Waals surface area contributed by atoms with Crippen molar-refractivity contribution < 1.29 is 14.0 Å². The van der Waals surface area contributed by atoms with E-state index < -0.39 is 6.04 Å². The number of halogens is 1. The molecular weight excluding hydrogens is 363 g/mol. The zero-order chi connectivity index (χ0) is 19.4. The van der Waals surface area contributed by atoms with Crippen LogP contribution in [0.1, 0.15) is 62.7 Å². The van der Waals surface area contributed by atoms with E-state index in [4.69, 9.17) is 0 Å². The Morgan fingerprint density at radius 2 is 1.89 bits per heavy atom. The Labute approximate surface area is 165 Å². The molecule has 0 bridgehead atoms. The summed E-state index contributed by atoms with van der Waals surface area (Å²) in [5, 5.41) is 3.06. The molecule has 1 saturated carbocycles. The molecule has 4 nitrogen and oxygen atoms in total. The number of carbonyl (C=O) groups is 2. The normalized spacial score (nSPS) is 24.6. The first kappa shape index (κ1) is 20.2. The van der Waals surface area contributed by atoms with Crippen LogP contribution in [0.15, 0.2) is 24.3 Å². The molecular formula is C21H29FN2O2S. The average molecular weight is 393 g/mol. The molecule has 3 unspecified atom stereocenters. The van der Waals surface area contributed by atoms with Crippen LogP contribution in [0.4, 0.5) is 4.39 Å². The second-order valence-corrected chi connectivity index (χ2v) is 8.82. The number of hydrogen-bond acceptors (Lipinski definition) is 3. The first-order chi connectivity index (χ1) is 13.0. The van der Waals surface area contributed by atoms with Gasteiger partial charge in [0.25, 0.3) is 5.91 Å². The Morgan fingerprint density at radius 3 is 2.52 bits per heavy atom. The zero-order valence-corrected chi connectivity index (χ0v) is 16.9. The van der Waals surface area contributed by atoms with Gasteiger partial charge in [-0.25, -0.2) is 4.39 Å². The largest absolute Gasteiger partial charge is 0.352 e. The van der Waals surface area contributed by atoms with Gasteiger partial charge in [-0.15, -0.1) is 11.8 Å². The molecule has 1 aromatic rings. The van der Waals surface area contributed by atoms with E-state index in [0.717, 1.165) is 19.3 Å². The van der Waals surface area contributed by atoms with Crippen molar-refractivity contribution in [3.05, 3.63) is 35.6 Å². The number of nitrogens with zero attached hydrogens (tertiary/aromatic N) is 1. The molecule has 6 heteroatoms. The van der Waals surface area contributed by atoms with E-state index in [1.54, 1.807) is 16.7 Å². The number of hydrogen-bond donors (Lipinski definition) is 1. The standard InChI is InChI=1S/C21H29FN2O2S/c1-3-14(2)23-19(25)18-13-27-21(16-7-5-4-6-8-16)24(18)20(26)15-9-11-17(22)12-10-15/h9-12,14,16,18,21H,3-8,13H2,1-2H3,(H,23,25). The van der Waals surface area contributed by atoms with Crippen molar-refractivity contribution in [2.24, 2.45) is 5.92 Å². The summed E-state index contributed by atoms with van der Waals surface area (Å²) < 4.78 is 13.3. The van der Waals surface area contributed by atoms with Crippen molar-refractivity contribution in [1.82, 2.24) is 10.2 Å². The smallest absolute Gasteiger partial charge is 0.255 e. The maximum Gasteiger partial charge on any atom is 0.255 e. The molecule has 1 aliphatic carbocycles. The van der Waals surface area contributed by atoms with Crippen LogP contribution in [0.3, 0.4) is 0 Å². The lowest BCUT2D eigenvalue weighted by molar-refractivity contribution is -0.125. The molecule has 1 saturated heterocycles. The number of carbonyl (C=O) groups excluding carboxylic acids is 2. The molecule has 1 heterocycles. The predicted molar refractivity (Wildman–Crippen MR) is 107 cm³/mol. The summed E-state index contributed by atoms with van der Waals surface area (Å²) >= 11 is 1.72. The Morgan fingerprint density at radius 1 is 1.22 bits per heavy atom. The van der Waals surface area contributed by atoms with Crippen molar-refractivity contribution in [2.75, 3.05) is 5.75 Å². The molecule has 0 aromatic heterocycles. The predicted octanol–water partition coefficient (Wildman–Crippen LogP) is 4.20. The molecule has 0 spiro atoms. The van der Waals surface area contributed by atoms with E-state index in [0.29, 0.717) is 17.2 Å². The van der Waals surface area contributed by atoms with Crippen LogP contribution >= 0.6 is 11.8 Å². The minimum Gasteiger partial charge on any atom is -0.352 e. The van der Waals surface area contributed by atoms with Gasteiger partial charge >= 0.3 is 0 Å². The lowest BCUT2D eigenvalue weighted by Gasteiger charge is -2.35. The van der Waals surface area contributed by atoms with E-state index in [1.165, 1.54) is 43.5 Å². The third-order valence-electron chi connectivity index (χ3n) is 5.72. The molecule has 148 valence electrons. The van der Waals surface area contributed by atoms with E-state index in [1.807, 2.05) is 13.8 Å². The highest BCUT2D eigenvalue weighted by Crippen LogP contribution is 2.41. The van der Waals surface area contributed by atoms with E-state index in [9.17, 15) is 14.0 Å². The third kappa shape index (κ3) is 4.65. The van der Waals surface area contributed by atoms with Gasteiger partial charge in [-0.1, -0.05) is 26.2 Å². The molecule has 0 radical (unpaired) electrons. The van der Waals surface area contributed by atoms with Crippen LogP contribution in [0, 0.1) is 11.7 Å². The van der Waals surface area contributed by atoms with Crippen LogP contribution in [0.25, 0.3) is 0 Å². The first-order valence-corrected chi connectivity index (χ1v) is 11.1. The van der Waals surface area contributed by atoms with Crippen LogP contribution in [-0.4, -0.2) is 39.9 Å². The maximum absolute atomic E-state index is 13.3. The van der Waals surface area contributed by atoms with Crippen molar-refractivity contribution in [3.8, 4) is 0 Å². The summed E-state index contributed by atoms with van der Waals surface area (Å²) in [6, 6.07) is 5.26. The van der Waals surface area contributed by atoms with Gasteiger partial charge < -0.3 is 10.2 Å². The fraction of sp³-hybridized carbons (Fsp3) is 0.619. The van der Waals surface area contributed by atoms with Crippen LogP contribution in [0.5, 0.6) is 0 Å². The minimum absolute atomic E-state index is 0.0236. The monoisotopic (exact) mass is 392 g/mol. The Bertz CT molecular complexity index is 661. The summed E-state index contributed by atoms with van der Waals surface area (Å²) in [5.74, 6) is 0.438. The molecule has 1 aromatic carbocycles. The van der Waals surface area contributed by atoms with E-state index in [2.05, 4.69) is 5.32 Å². The van der Waals surface area contributed by atoms with E-state index >= 15 is 0 Å². The van der Waals surface area contributed by atoms with Crippen molar-refractivity contribution >= 4 is 23.6 Å². The number of amides is 2. The number of benzene rings is 1. The van der Waals surface area contributed by atoms with Crippen molar-refractivity contribution in [2.45, 2.75) is 69.8 Å². The highest BCUT2D eigenvalue weighted by atomic mass is 32.2. The number of rotatable bonds is 5. The Balaban J connectivity index is 1.85. The van der Waals surface area contributed by atoms with Gasteiger partial charge in [0.15, 0.2) is 0 Å². The molecule has 3 atom stereocenters. The lowest BCUT2D eigenvalue weighted by atomic mass is 9.88. The SMILES string of the molecule is CCC(C)NC(=O)C1CSC(C2CCCCC2)N1C(=O)c1ccc(F)cc1. The molecule has 1 N–H and O–H groups in total. The summed E-state index contributed by atoms with van der Waals surface area (Å²) in [5.41, 5.74) is 0.445. The Kier molecular flexibility index (Phi) is 6.79. The summed E-state index contributed by atoms with van der Waals surface area (Å²) in [4.78, 5) is 27.9. The highest BCUT2D eigenvalue weighted by Gasteiger charge is 2.45. The maximum atomic E-state index is 13.3. The second-order valence-electron chi connectivity index (χ2n) is 7.67.